The Morgan fingerprint density at radius 3 is 1.92 bits per heavy atom. The van der Waals surface area contributed by atoms with Crippen LogP contribution in [0.3, 0.4) is 0 Å². The lowest BCUT2D eigenvalue weighted by Crippen LogP contribution is -1.89. The van der Waals surface area contributed by atoms with E-state index in [1.165, 1.54) is 32.6 Å². The summed E-state index contributed by atoms with van der Waals surface area (Å²) in [4.78, 5) is 10.9. The van der Waals surface area contributed by atoms with Gasteiger partial charge in [0.25, 0.3) is 0 Å². The minimum absolute atomic E-state index is 0.347. The summed E-state index contributed by atoms with van der Waals surface area (Å²) in [6.07, 6.45) is 5.40. The van der Waals surface area contributed by atoms with Crippen LogP contribution >= 0.6 is 0 Å². The molecule has 1 rings (SSSR count). The molecule has 1 aromatic heterocycles. The summed E-state index contributed by atoms with van der Waals surface area (Å²) in [5, 5.41) is 0. The quantitative estimate of drug-likeness (QED) is 0.676. The minimum atomic E-state index is 0.347. The summed E-state index contributed by atoms with van der Waals surface area (Å²) in [5.74, 6) is 0. The van der Waals surface area contributed by atoms with Crippen LogP contribution in [0.1, 0.15) is 26.7 Å². The third-order valence-electron chi connectivity index (χ3n) is 1.15. The molecule has 0 atom stereocenters. The standard InChI is InChI=1S/C4H5N3O.C4H10/c1-8-4-6-2-5-3-7-4;1-3-4-2/h2-3H,1H3;3-4H2,1-2H3. The Morgan fingerprint density at radius 1 is 1.17 bits per heavy atom. The Hall–Kier alpha value is -1.19. The molecule has 0 spiro atoms. The van der Waals surface area contributed by atoms with E-state index in [1.54, 1.807) is 0 Å². The maximum atomic E-state index is 4.65. The van der Waals surface area contributed by atoms with Gasteiger partial charge in [-0.05, 0) is 0 Å². The number of methoxy groups -OCH3 is 1. The number of unbranched alkanes of at least 4 members (excludes halogenated alkanes) is 1. The summed E-state index contributed by atoms with van der Waals surface area (Å²) < 4.78 is 4.65. The van der Waals surface area contributed by atoms with Crippen LogP contribution in [-0.2, 0) is 0 Å². The maximum absolute atomic E-state index is 4.65. The average molecular weight is 169 g/mol. The fourth-order valence-electron chi connectivity index (χ4n) is 0.334. The van der Waals surface area contributed by atoms with E-state index in [1.807, 2.05) is 0 Å². The van der Waals surface area contributed by atoms with Crippen LogP contribution in [0.2, 0.25) is 0 Å². The second-order valence-electron chi connectivity index (χ2n) is 2.12. The van der Waals surface area contributed by atoms with Crippen LogP contribution in [0.5, 0.6) is 6.01 Å². The van der Waals surface area contributed by atoms with E-state index in [-0.39, 0.29) is 0 Å². The number of rotatable bonds is 2. The lowest BCUT2D eigenvalue weighted by Gasteiger charge is -1.90. The molecule has 0 amide bonds. The molecule has 0 bridgehead atoms. The molecule has 0 aliphatic carbocycles. The summed E-state index contributed by atoms with van der Waals surface area (Å²) in [6.45, 7) is 4.36. The van der Waals surface area contributed by atoms with Crippen molar-refractivity contribution in [3.05, 3.63) is 12.7 Å². The zero-order valence-electron chi connectivity index (χ0n) is 7.82. The van der Waals surface area contributed by atoms with Gasteiger partial charge in [-0.25, -0.2) is 4.98 Å². The second-order valence-corrected chi connectivity index (χ2v) is 2.12. The highest BCUT2D eigenvalue weighted by atomic mass is 16.5. The zero-order valence-corrected chi connectivity index (χ0v) is 7.82. The molecule has 1 heterocycles. The number of ether oxygens (including phenoxy) is 1. The molecule has 0 saturated heterocycles. The summed E-state index contributed by atoms with van der Waals surface area (Å²) in [6, 6.07) is 0.347. The monoisotopic (exact) mass is 169 g/mol. The molecule has 0 unspecified atom stereocenters. The van der Waals surface area contributed by atoms with Crippen LogP contribution in [-0.4, -0.2) is 22.1 Å². The number of aromatic nitrogens is 3. The van der Waals surface area contributed by atoms with Crippen molar-refractivity contribution in [2.45, 2.75) is 26.7 Å². The first kappa shape index (κ1) is 10.8. The second kappa shape index (κ2) is 7.91. The number of nitrogens with zero attached hydrogens (tertiary/aromatic N) is 3. The van der Waals surface area contributed by atoms with Gasteiger partial charge in [-0.3, -0.25) is 0 Å². The van der Waals surface area contributed by atoms with Crippen LogP contribution in [0.15, 0.2) is 12.7 Å². The van der Waals surface area contributed by atoms with Crippen LogP contribution in [0.4, 0.5) is 0 Å². The van der Waals surface area contributed by atoms with Gasteiger partial charge in [-0.1, -0.05) is 26.7 Å². The van der Waals surface area contributed by atoms with Crippen molar-refractivity contribution in [1.29, 1.82) is 0 Å². The molecule has 1 aromatic rings. The average Bonchev–Trinajstić information content (AvgIpc) is 2.19. The molecule has 4 heteroatoms. The first-order valence-electron chi connectivity index (χ1n) is 4.01. The Morgan fingerprint density at radius 2 is 1.67 bits per heavy atom. The van der Waals surface area contributed by atoms with Gasteiger partial charge in [0.1, 0.15) is 12.7 Å². The largest absolute Gasteiger partial charge is 0.467 e. The molecular weight excluding hydrogens is 154 g/mol. The van der Waals surface area contributed by atoms with E-state index in [0.29, 0.717) is 6.01 Å². The van der Waals surface area contributed by atoms with E-state index in [9.17, 15) is 0 Å². The summed E-state index contributed by atoms with van der Waals surface area (Å²) in [7, 11) is 1.51. The molecule has 68 valence electrons. The first-order chi connectivity index (χ1) is 5.85. The van der Waals surface area contributed by atoms with Crippen LogP contribution in [0, 0.1) is 0 Å². The molecule has 0 N–H and O–H groups in total. The van der Waals surface area contributed by atoms with Crippen LogP contribution < -0.4 is 4.74 Å². The van der Waals surface area contributed by atoms with Gasteiger partial charge in [-0.15, -0.1) is 0 Å². The Kier molecular flexibility index (Phi) is 7.13. The van der Waals surface area contributed by atoms with Gasteiger partial charge < -0.3 is 4.74 Å². The minimum Gasteiger partial charge on any atom is -0.467 e. The predicted octanol–water partition coefficient (Wildman–Crippen LogP) is 1.69. The highest BCUT2D eigenvalue weighted by molar-refractivity contribution is 4.85. The Labute approximate surface area is 73.0 Å². The molecule has 12 heavy (non-hydrogen) atoms. The molecule has 0 aliphatic rings. The smallest absolute Gasteiger partial charge is 0.319 e. The Balaban J connectivity index is 0.000000261. The van der Waals surface area contributed by atoms with Crippen molar-refractivity contribution in [2.75, 3.05) is 7.11 Å². The topological polar surface area (TPSA) is 47.9 Å². The third kappa shape index (κ3) is 5.58. The normalized spacial score (nSPS) is 8.25. The maximum Gasteiger partial charge on any atom is 0.319 e. The van der Waals surface area contributed by atoms with E-state index >= 15 is 0 Å². The number of hydrogen-bond donors (Lipinski definition) is 0. The fraction of sp³-hybridized carbons (Fsp3) is 0.625. The first-order valence-corrected chi connectivity index (χ1v) is 4.01. The van der Waals surface area contributed by atoms with E-state index in [4.69, 9.17) is 0 Å². The van der Waals surface area contributed by atoms with E-state index in [2.05, 4.69) is 33.5 Å². The lowest BCUT2D eigenvalue weighted by molar-refractivity contribution is 0.378. The molecule has 0 fully saturated rings. The highest BCUT2D eigenvalue weighted by Gasteiger charge is 1.85. The molecule has 4 nitrogen and oxygen atoms in total. The molecule has 0 aromatic carbocycles. The van der Waals surface area contributed by atoms with Gasteiger partial charge >= 0.3 is 6.01 Å². The van der Waals surface area contributed by atoms with Crippen molar-refractivity contribution in [3.8, 4) is 6.01 Å². The van der Waals surface area contributed by atoms with Gasteiger partial charge in [0.05, 0.1) is 7.11 Å². The molecule has 0 radical (unpaired) electrons. The molecule has 0 saturated carbocycles. The van der Waals surface area contributed by atoms with E-state index in [0.717, 1.165) is 0 Å². The predicted molar refractivity (Wildman–Crippen MR) is 47.0 cm³/mol. The third-order valence-corrected chi connectivity index (χ3v) is 1.15. The van der Waals surface area contributed by atoms with Crippen molar-refractivity contribution in [2.24, 2.45) is 0 Å². The van der Waals surface area contributed by atoms with Crippen LogP contribution in [0.25, 0.3) is 0 Å². The summed E-state index contributed by atoms with van der Waals surface area (Å²) >= 11 is 0. The van der Waals surface area contributed by atoms with E-state index < -0.39 is 0 Å². The van der Waals surface area contributed by atoms with Crippen molar-refractivity contribution < 1.29 is 4.74 Å². The molecular formula is C8H15N3O. The Bertz CT molecular complexity index is 177. The number of hydrogen-bond acceptors (Lipinski definition) is 4. The van der Waals surface area contributed by atoms with Gasteiger partial charge in [0.15, 0.2) is 0 Å². The zero-order chi connectivity index (χ0) is 9.23. The van der Waals surface area contributed by atoms with Crippen molar-refractivity contribution in [1.82, 2.24) is 15.0 Å². The highest BCUT2D eigenvalue weighted by Crippen LogP contribution is 1.90. The molecule has 0 aliphatic heterocycles. The van der Waals surface area contributed by atoms with Crippen molar-refractivity contribution >= 4 is 0 Å². The summed E-state index contributed by atoms with van der Waals surface area (Å²) in [5.41, 5.74) is 0. The van der Waals surface area contributed by atoms with Crippen molar-refractivity contribution in [3.63, 3.8) is 0 Å². The van der Waals surface area contributed by atoms with Gasteiger partial charge in [0.2, 0.25) is 0 Å². The van der Waals surface area contributed by atoms with Gasteiger partial charge in [-0.2, -0.15) is 9.97 Å². The fourth-order valence-corrected chi connectivity index (χ4v) is 0.334. The lowest BCUT2D eigenvalue weighted by atomic mass is 10.4. The van der Waals surface area contributed by atoms with Gasteiger partial charge in [0, 0.05) is 0 Å². The SMILES string of the molecule is CCCC.COc1ncncn1.